The number of hydrogen-bond acceptors (Lipinski definition) is 3. The van der Waals surface area contributed by atoms with Gasteiger partial charge < -0.3 is 4.90 Å². The van der Waals surface area contributed by atoms with Crippen molar-refractivity contribution in [3.8, 4) is 0 Å². The van der Waals surface area contributed by atoms with Crippen LogP contribution in [0.4, 0.5) is 55.3 Å². The van der Waals surface area contributed by atoms with Gasteiger partial charge in [-0.05, 0) is 34.1 Å². The fraction of sp³-hybridized carbons (Fsp3) is 0.278. The molecule has 16 heteroatoms. The predicted molar refractivity (Wildman–Crippen MR) is 99.9 cm³/mol. The summed E-state index contributed by atoms with van der Waals surface area (Å²) in [5, 5.41) is 10.9. The summed E-state index contributed by atoms with van der Waals surface area (Å²) in [6.07, 6.45) is -19.0. The number of alkyl halides is 10. The Morgan fingerprint density at radius 1 is 0.941 bits per heavy atom. The Kier molecular flexibility index (Phi) is 7.00. The van der Waals surface area contributed by atoms with E-state index in [2.05, 4.69) is 15.9 Å². The van der Waals surface area contributed by atoms with Crippen LogP contribution in [0.15, 0.2) is 40.9 Å². The Labute approximate surface area is 191 Å². The molecular weight excluding hydrogens is 562 g/mol. The maximum atomic E-state index is 14.4. The van der Waals surface area contributed by atoms with E-state index in [1.165, 1.54) is 0 Å². The van der Waals surface area contributed by atoms with Gasteiger partial charge in [0.05, 0.1) is 16.2 Å². The minimum Gasteiger partial charge on any atom is -0.310 e. The SMILES string of the molecule is CN(C(=O)c1cccc([N+](=O)[O-])c1)c1c(Br)cc(C(F)(C(F)(F)F)C(F)(F)F)cc1C(F)(F)F. The number of rotatable bonds is 4. The van der Waals surface area contributed by atoms with E-state index in [9.17, 15) is 58.8 Å². The maximum absolute atomic E-state index is 14.4. The molecule has 0 aromatic heterocycles. The van der Waals surface area contributed by atoms with Gasteiger partial charge >= 0.3 is 24.2 Å². The monoisotopic (exact) mass is 570 g/mol. The topological polar surface area (TPSA) is 63.5 Å². The molecule has 2 aromatic carbocycles. The van der Waals surface area contributed by atoms with Crippen molar-refractivity contribution in [3.05, 3.63) is 67.7 Å². The highest BCUT2D eigenvalue weighted by atomic mass is 79.9. The van der Waals surface area contributed by atoms with Gasteiger partial charge in [0.1, 0.15) is 0 Å². The molecule has 0 bridgehead atoms. The third-order valence-electron chi connectivity index (χ3n) is 4.49. The average Bonchev–Trinajstić information content (AvgIpc) is 2.69. The van der Waals surface area contributed by atoms with Crippen LogP contribution >= 0.6 is 15.9 Å². The largest absolute Gasteiger partial charge is 0.435 e. The molecule has 1 amide bonds. The van der Waals surface area contributed by atoms with Crippen LogP contribution < -0.4 is 4.90 Å². The van der Waals surface area contributed by atoms with Crippen LogP contribution in [-0.4, -0.2) is 30.2 Å². The number of non-ortho nitro benzene ring substituents is 1. The molecule has 2 rings (SSSR count). The highest BCUT2D eigenvalue weighted by molar-refractivity contribution is 9.10. The lowest BCUT2D eigenvalue weighted by molar-refractivity contribution is -0.384. The summed E-state index contributed by atoms with van der Waals surface area (Å²) in [5.41, 5.74) is -13.2. The summed E-state index contributed by atoms with van der Waals surface area (Å²) in [6, 6.07) is 2.76. The molecule has 34 heavy (non-hydrogen) atoms. The summed E-state index contributed by atoms with van der Waals surface area (Å²) in [6.45, 7) is 0. The molecule has 0 N–H and O–H groups in total. The van der Waals surface area contributed by atoms with Gasteiger partial charge in [0, 0.05) is 34.8 Å². The summed E-state index contributed by atoms with van der Waals surface area (Å²) < 4.78 is 132. The van der Waals surface area contributed by atoms with E-state index in [4.69, 9.17) is 0 Å². The molecule has 0 saturated heterocycles. The lowest BCUT2D eigenvalue weighted by atomic mass is 9.91. The van der Waals surface area contributed by atoms with E-state index in [-0.39, 0.29) is 11.0 Å². The lowest BCUT2D eigenvalue weighted by Gasteiger charge is -2.32. The molecule has 0 fully saturated rings. The average molecular weight is 571 g/mol. The summed E-state index contributed by atoms with van der Waals surface area (Å²) in [5.74, 6) is -1.33. The Balaban J connectivity index is 2.77. The first-order valence-corrected chi connectivity index (χ1v) is 9.29. The van der Waals surface area contributed by atoms with Gasteiger partial charge in [-0.2, -0.15) is 39.5 Å². The number of benzene rings is 2. The molecule has 0 aliphatic heterocycles. The van der Waals surface area contributed by atoms with E-state index >= 15 is 0 Å². The number of nitrogens with zero attached hydrogens (tertiary/aromatic N) is 2. The summed E-state index contributed by atoms with van der Waals surface area (Å²) in [7, 11) is 0.687. The van der Waals surface area contributed by atoms with Crippen LogP contribution in [0.1, 0.15) is 21.5 Å². The normalized spacial score (nSPS) is 13.1. The highest BCUT2D eigenvalue weighted by Crippen LogP contribution is 2.55. The first-order valence-electron chi connectivity index (χ1n) is 8.49. The number of nitro benzene ring substituents is 1. The maximum Gasteiger partial charge on any atom is 0.435 e. The molecular formula is C18H9BrF10N2O3. The molecule has 0 aliphatic rings. The van der Waals surface area contributed by atoms with Gasteiger partial charge in [-0.3, -0.25) is 14.9 Å². The summed E-state index contributed by atoms with van der Waals surface area (Å²) in [4.78, 5) is 22.8. The van der Waals surface area contributed by atoms with E-state index < -0.39 is 73.6 Å². The van der Waals surface area contributed by atoms with E-state index in [0.29, 0.717) is 13.1 Å². The Hall–Kier alpha value is -2.91. The van der Waals surface area contributed by atoms with E-state index in [1.54, 1.807) is 0 Å². The van der Waals surface area contributed by atoms with Crippen molar-refractivity contribution in [1.82, 2.24) is 0 Å². The minimum absolute atomic E-state index is 0.178. The first-order chi connectivity index (χ1) is 15.2. The zero-order valence-electron chi connectivity index (χ0n) is 16.2. The van der Waals surface area contributed by atoms with Crippen molar-refractivity contribution in [2.45, 2.75) is 24.2 Å². The molecule has 0 unspecified atom stereocenters. The third kappa shape index (κ3) is 4.81. The fourth-order valence-corrected chi connectivity index (χ4v) is 3.62. The fourth-order valence-electron chi connectivity index (χ4n) is 2.89. The van der Waals surface area contributed by atoms with E-state index in [0.717, 1.165) is 18.2 Å². The summed E-state index contributed by atoms with van der Waals surface area (Å²) >= 11 is 2.39. The second-order valence-corrected chi connectivity index (χ2v) is 7.53. The molecule has 0 radical (unpaired) electrons. The third-order valence-corrected chi connectivity index (χ3v) is 5.10. The smallest absolute Gasteiger partial charge is 0.310 e. The van der Waals surface area contributed by atoms with Crippen LogP contribution in [0, 0.1) is 10.1 Å². The molecule has 186 valence electrons. The Bertz CT molecular complexity index is 1110. The van der Waals surface area contributed by atoms with Crippen LogP contribution in [0.25, 0.3) is 0 Å². The van der Waals surface area contributed by atoms with Crippen LogP contribution in [-0.2, 0) is 11.8 Å². The predicted octanol–water partition coefficient (Wildman–Crippen LogP) is 6.94. The molecule has 2 aromatic rings. The van der Waals surface area contributed by atoms with Crippen molar-refractivity contribution in [1.29, 1.82) is 0 Å². The van der Waals surface area contributed by atoms with Crippen molar-refractivity contribution in [2.75, 3.05) is 11.9 Å². The molecule has 0 heterocycles. The van der Waals surface area contributed by atoms with Crippen molar-refractivity contribution in [2.24, 2.45) is 0 Å². The molecule has 0 aliphatic carbocycles. The Morgan fingerprint density at radius 3 is 1.91 bits per heavy atom. The molecule has 5 nitrogen and oxygen atoms in total. The van der Waals surface area contributed by atoms with Gasteiger partial charge in [-0.1, -0.05) is 6.07 Å². The number of amides is 1. The van der Waals surface area contributed by atoms with E-state index in [1.807, 2.05) is 0 Å². The van der Waals surface area contributed by atoms with Gasteiger partial charge in [-0.25, -0.2) is 4.39 Å². The quantitative estimate of drug-likeness (QED) is 0.227. The number of hydrogen-bond donors (Lipinski definition) is 0. The Morgan fingerprint density at radius 2 is 1.47 bits per heavy atom. The zero-order valence-corrected chi connectivity index (χ0v) is 17.8. The second-order valence-electron chi connectivity index (χ2n) is 6.68. The minimum atomic E-state index is -6.68. The molecule has 0 atom stereocenters. The van der Waals surface area contributed by atoms with Gasteiger partial charge in [0.25, 0.3) is 11.6 Å². The first kappa shape index (κ1) is 27.3. The van der Waals surface area contributed by atoms with Gasteiger partial charge in [0.15, 0.2) is 0 Å². The van der Waals surface area contributed by atoms with Crippen LogP contribution in [0.5, 0.6) is 0 Å². The van der Waals surface area contributed by atoms with Gasteiger partial charge in [0.2, 0.25) is 0 Å². The number of nitro groups is 1. The van der Waals surface area contributed by atoms with Crippen LogP contribution in [0.2, 0.25) is 0 Å². The standard InChI is InChI=1S/C18H9BrF10N2O3/c1-30(14(32)8-3-2-4-10(5-8)31(33)34)13-11(16(21,22)23)6-9(7-12(13)19)15(20,17(24,25)26)18(27,28)29/h2-7H,1H3. The lowest BCUT2D eigenvalue weighted by Crippen LogP contribution is -2.50. The molecule has 0 spiro atoms. The number of halogens is 11. The van der Waals surface area contributed by atoms with Crippen molar-refractivity contribution in [3.63, 3.8) is 0 Å². The van der Waals surface area contributed by atoms with Crippen molar-refractivity contribution < 1.29 is 53.6 Å². The van der Waals surface area contributed by atoms with Crippen LogP contribution in [0.3, 0.4) is 0 Å². The van der Waals surface area contributed by atoms with Gasteiger partial charge in [-0.15, -0.1) is 0 Å². The number of carbonyl (C=O) groups is 1. The van der Waals surface area contributed by atoms with Crippen molar-refractivity contribution >= 4 is 33.2 Å². The second kappa shape index (κ2) is 8.70. The molecule has 0 saturated carbocycles. The highest BCUT2D eigenvalue weighted by Gasteiger charge is 2.73. The zero-order chi connectivity index (χ0) is 26.4. The number of anilines is 1. The number of carbonyl (C=O) groups excluding carboxylic acids is 1.